The molecule has 122 valence electrons. The third kappa shape index (κ3) is 4.05. The Hall–Kier alpha value is -2.01. The minimum atomic E-state index is 0.0328. The van der Waals surface area contributed by atoms with Gasteiger partial charge in [-0.3, -0.25) is 4.79 Å². The van der Waals surface area contributed by atoms with Crippen LogP contribution in [0.5, 0.6) is 11.5 Å². The lowest BCUT2D eigenvalue weighted by Crippen LogP contribution is -2.31. The van der Waals surface area contributed by atoms with Gasteiger partial charge in [0.1, 0.15) is 6.61 Å². The lowest BCUT2D eigenvalue weighted by molar-refractivity contribution is 0.0942. The van der Waals surface area contributed by atoms with E-state index in [1.54, 1.807) is 7.11 Å². The second kappa shape index (κ2) is 7.51. The molecule has 0 saturated heterocycles. The standard InChI is InChI=1S/C18H21NO3S/c1-21-15-8-4-5-9-16(15)22-11-13-10-17(23-12-13)18(20)19-14-6-2-3-7-14/h4-5,8-10,12,14H,2-3,6-7,11H2,1H3,(H,19,20). The van der Waals surface area contributed by atoms with Crippen LogP contribution in [0.4, 0.5) is 0 Å². The van der Waals surface area contributed by atoms with Crippen LogP contribution in [0.15, 0.2) is 35.7 Å². The van der Waals surface area contributed by atoms with Crippen molar-refractivity contribution in [2.45, 2.75) is 38.3 Å². The Morgan fingerprint density at radius 2 is 2.00 bits per heavy atom. The summed E-state index contributed by atoms with van der Waals surface area (Å²) in [5.41, 5.74) is 0.998. The molecule has 23 heavy (non-hydrogen) atoms. The predicted molar refractivity (Wildman–Crippen MR) is 91.4 cm³/mol. The first-order valence-electron chi connectivity index (χ1n) is 7.90. The Labute approximate surface area is 140 Å². The van der Waals surface area contributed by atoms with E-state index < -0.39 is 0 Å². The molecule has 1 heterocycles. The van der Waals surface area contributed by atoms with Gasteiger partial charge in [0.15, 0.2) is 11.5 Å². The van der Waals surface area contributed by atoms with Gasteiger partial charge in [0.25, 0.3) is 5.91 Å². The van der Waals surface area contributed by atoms with E-state index in [0.717, 1.165) is 23.3 Å². The van der Waals surface area contributed by atoms with Crippen molar-refractivity contribution in [1.82, 2.24) is 5.32 Å². The van der Waals surface area contributed by atoms with Gasteiger partial charge in [-0.25, -0.2) is 0 Å². The van der Waals surface area contributed by atoms with Crippen LogP contribution in [-0.4, -0.2) is 19.1 Å². The number of hydrogen-bond donors (Lipinski definition) is 1. The van der Waals surface area contributed by atoms with E-state index in [-0.39, 0.29) is 5.91 Å². The van der Waals surface area contributed by atoms with Gasteiger partial charge in [0.2, 0.25) is 0 Å². The first kappa shape index (κ1) is 15.9. The summed E-state index contributed by atoms with van der Waals surface area (Å²) in [6.45, 7) is 0.424. The van der Waals surface area contributed by atoms with Gasteiger partial charge in [-0.15, -0.1) is 11.3 Å². The molecule has 1 N–H and O–H groups in total. The molecule has 1 aliphatic rings. The van der Waals surface area contributed by atoms with Gasteiger partial charge in [0.05, 0.1) is 12.0 Å². The molecule has 0 bridgehead atoms. The molecule has 1 aromatic heterocycles. The predicted octanol–water partition coefficient (Wildman–Crippen LogP) is 4.01. The zero-order chi connectivity index (χ0) is 16.1. The van der Waals surface area contributed by atoms with Crippen molar-refractivity contribution in [2.75, 3.05) is 7.11 Å². The minimum Gasteiger partial charge on any atom is -0.493 e. The van der Waals surface area contributed by atoms with Crippen molar-refractivity contribution < 1.29 is 14.3 Å². The van der Waals surface area contributed by atoms with Crippen LogP contribution in [0.3, 0.4) is 0 Å². The first-order chi connectivity index (χ1) is 11.3. The van der Waals surface area contributed by atoms with E-state index in [1.165, 1.54) is 24.2 Å². The second-order valence-corrected chi connectivity index (χ2v) is 6.62. The quantitative estimate of drug-likeness (QED) is 0.870. The van der Waals surface area contributed by atoms with Crippen LogP contribution in [0.1, 0.15) is 40.9 Å². The van der Waals surface area contributed by atoms with Crippen LogP contribution in [0.2, 0.25) is 0 Å². The van der Waals surface area contributed by atoms with Gasteiger partial charge in [-0.1, -0.05) is 25.0 Å². The molecular formula is C18H21NO3S. The van der Waals surface area contributed by atoms with Crippen LogP contribution >= 0.6 is 11.3 Å². The molecule has 0 unspecified atom stereocenters. The summed E-state index contributed by atoms with van der Waals surface area (Å²) in [5, 5.41) is 5.08. The molecule has 0 atom stereocenters. The largest absolute Gasteiger partial charge is 0.493 e. The maximum atomic E-state index is 12.2. The van der Waals surface area contributed by atoms with Crippen molar-refractivity contribution in [2.24, 2.45) is 0 Å². The monoisotopic (exact) mass is 331 g/mol. The van der Waals surface area contributed by atoms with E-state index >= 15 is 0 Å². The molecule has 5 heteroatoms. The first-order valence-corrected chi connectivity index (χ1v) is 8.78. The lowest BCUT2D eigenvalue weighted by atomic mass is 10.2. The number of carbonyl (C=O) groups excluding carboxylic acids is 1. The summed E-state index contributed by atoms with van der Waals surface area (Å²) in [6.07, 6.45) is 4.63. The second-order valence-electron chi connectivity index (χ2n) is 5.71. The fourth-order valence-corrected chi connectivity index (χ4v) is 3.60. The van der Waals surface area contributed by atoms with Crippen LogP contribution in [0.25, 0.3) is 0 Å². The van der Waals surface area contributed by atoms with Crippen molar-refractivity contribution in [3.05, 3.63) is 46.2 Å². The Balaban J connectivity index is 1.57. The lowest BCUT2D eigenvalue weighted by Gasteiger charge is -2.10. The number of amides is 1. The number of para-hydroxylation sites is 2. The van der Waals surface area contributed by atoms with E-state index in [2.05, 4.69) is 5.32 Å². The molecule has 0 aliphatic heterocycles. The average Bonchev–Trinajstić information content (AvgIpc) is 3.24. The van der Waals surface area contributed by atoms with E-state index in [9.17, 15) is 4.79 Å². The molecular weight excluding hydrogens is 310 g/mol. The van der Waals surface area contributed by atoms with Gasteiger partial charge in [0, 0.05) is 11.6 Å². The number of nitrogens with one attached hydrogen (secondary N) is 1. The Bertz CT molecular complexity index is 662. The summed E-state index contributed by atoms with van der Waals surface area (Å²) in [4.78, 5) is 13.0. The summed E-state index contributed by atoms with van der Waals surface area (Å²) < 4.78 is 11.1. The van der Waals surface area contributed by atoms with Crippen molar-refractivity contribution >= 4 is 17.2 Å². The highest BCUT2D eigenvalue weighted by Gasteiger charge is 2.19. The maximum absolute atomic E-state index is 12.2. The summed E-state index contributed by atoms with van der Waals surface area (Å²) in [7, 11) is 1.62. The van der Waals surface area contributed by atoms with Gasteiger partial charge in [-0.2, -0.15) is 0 Å². The smallest absolute Gasteiger partial charge is 0.261 e. The van der Waals surface area contributed by atoms with E-state index in [0.29, 0.717) is 24.1 Å². The molecule has 1 aliphatic carbocycles. The number of thiophene rings is 1. The topological polar surface area (TPSA) is 47.6 Å². The molecule has 3 rings (SSSR count). The average molecular weight is 331 g/mol. The Kier molecular flexibility index (Phi) is 5.18. The number of carbonyl (C=O) groups is 1. The summed E-state index contributed by atoms with van der Waals surface area (Å²) >= 11 is 1.46. The fraction of sp³-hybridized carbons (Fsp3) is 0.389. The number of rotatable bonds is 6. The molecule has 0 radical (unpaired) electrons. The number of ether oxygens (including phenoxy) is 2. The number of methoxy groups -OCH3 is 1. The molecule has 1 amide bonds. The van der Waals surface area contributed by atoms with Gasteiger partial charge in [-0.05, 0) is 36.4 Å². The van der Waals surface area contributed by atoms with E-state index in [4.69, 9.17) is 9.47 Å². The van der Waals surface area contributed by atoms with Crippen LogP contribution in [-0.2, 0) is 6.61 Å². The summed E-state index contributed by atoms with van der Waals surface area (Å²) in [6, 6.07) is 9.80. The SMILES string of the molecule is COc1ccccc1OCc1csc(C(=O)NC2CCCC2)c1. The number of hydrogen-bond acceptors (Lipinski definition) is 4. The van der Waals surface area contributed by atoms with Gasteiger partial charge < -0.3 is 14.8 Å². The molecule has 1 saturated carbocycles. The summed E-state index contributed by atoms with van der Waals surface area (Å²) in [5.74, 6) is 1.45. The van der Waals surface area contributed by atoms with Crippen LogP contribution < -0.4 is 14.8 Å². The third-order valence-corrected chi connectivity index (χ3v) is 5.01. The highest BCUT2D eigenvalue weighted by molar-refractivity contribution is 7.12. The molecule has 4 nitrogen and oxygen atoms in total. The Morgan fingerprint density at radius 3 is 2.74 bits per heavy atom. The fourth-order valence-electron chi connectivity index (χ4n) is 2.80. The Morgan fingerprint density at radius 1 is 1.26 bits per heavy atom. The zero-order valence-electron chi connectivity index (χ0n) is 13.2. The van der Waals surface area contributed by atoms with E-state index in [1.807, 2.05) is 35.7 Å². The van der Waals surface area contributed by atoms with Gasteiger partial charge >= 0.3 is 0 Å². The third-order valence-electron chi connectivity index (χ3n) is 4.03. The maximum Gasteiger partial charge on any atom is 0.261 e. The molecule has 1 aromatic carbocycles. The van der Waals surface area contributed by atoms with Crippen molar-refractivity contribution in [3.63, 3.8) is 0 Å². The minimum absolute atomic E-state index is 0.0328. The van der Waals surface area contributed by atoms with Crippen molar-refractivity contribution in [1.29, 1.82) is 0 Å². The molecule has 2 aromatic rings. The number of benzene rings is 1. The normalized spacial score (nSPS) is 14.7. The van der Waals surface area contributed by atoms with Crippen molar-refractivity contribution in [3.8, 4) is 11.5 Å². The molecule has 0 spiro atoms. The highest BCUT2D eigenvalue weighted by Crippen LogP contribution is 2.27. The van der Waals surface area contributed by atoms with Crippen LogP contribution in [0, 0.1) is 0 Å². The highest BCUT2D eigenvalue weighted by atomic mass is 32.1. The zero-order valence-corrected chi connectivity index (χ0v) is 14.0. The molecule has 1 fully saturated rings.